The molecule has 0 atom stereocenters. The van der Waals surface area contributed by atoms with Crippen molar-refractivity contribution in [3.05, 3.63) is 51.2 Å². The van der Waals surface area contributed by atoms with Gasteiger partial charge in [0.15, 0.2) is 0 Å². The van der Waals surface area contributed by atoms with Gasteiger partial charge in [0.2, 0.25) is 0 Å². The fourth-order valence-electron chi connectivity index (χ4n) is 2.98. The van der Waals surface area contributed by atoms with Gasteiger partial charge in [-0.25, -0.2) is 4.98 Å². The van der Waals surface area contributed by atoms with Crippen LogP contribution in [0.1, 0.15) is 43.4 Å². The number of phenolic OH excluding ortho intramolecular Hbond substituents is 2. The summed E-state index contributed by atoms with van der Waals surface area (Å²) < 4.78 is 0. The van der Waals surface area contributed by atoms with Crippen molar-refractivity contribution >= 4 is 0 Å². The van der Waals surface area contributed by atoms with Crippen LogP contribution in [0.25, 0.3) is 0 Å². The first-order valence-corrected chi connectivity index (χ1v) is 8.09. The molecule has 0 saturated carbocycles. The maximum Gasteiger partial charge on any atom is 0.255 e. The van der Waals surface area contributed by atoms with Crippen molar-refractivity contribution in [1.29, 1.82) is 0 Å². The molecule has 6 nitrogen and oxygen atoms in total. The highest BCUT2D eigenvalue weighted by Gasteiger charge is 2.24. The zero-order chi connectivity index (χ0) is 17.5. The first kappa shape index (κ1) is 16.5. The Kier molecular flexibility index (Phi) is 4.09. The number of aromatic amines is 1. The molecular formula is C18H23N3O3. The highest BCUT2D eigenvalue weighted by molar-refractivity contribution is 5.36. The fourth-order valence-corrected chi connectivity index (χ4v) is 2.98. The second-order valence-corrected chi connectivity index (χ2v) is 7.41. The van der Waals surface area contributed by atoms with Gasteiger partial charge in [-0.15, -0.1) is 0 Å². The van der Waals surface area contributed by atoms with Crippen LogP contribution in [0.15, 0.2) is 23.0 Å². The van der Waals surface area contributed by atoms with Crippen LogP contribution in [0.5, 0.6) is 11.5 Å². The fraction of sp³-hybridized carbons (Fsp3) is 0.444. The number of nitrogens with one attached hydrogen (secondary N) is 1. The lowest BCUT2D eigenvalue weighted by atomic mass is 9.95. The molecule has 24 heavy (non-hydrogen) atoms. The van der Waals surface area contributed by atoms with E-state index in [2.05, 4.69) is 14.9 Å². The largest absolute Gasteiger partial charge is 0.508 e. The van der Waals surface area contributed by atoms with Crippen LogP contribution in [-0.4, -0.2) is 31.6 Å². The topological polar surface area (TPSA) is 89.5 Å². The Hall–Kier alpha value is -2.34. The minimum Gasteiger partial charge on any atom is -0.508 e. The number of H-pyrrole nitrogens is 1. The van der Waals surface area contributed by atoms with E-state index in [1.807, 2.05) is 20.8 Å². The number of benzene rings is 1. The monoisotopic (exact) mass is 329 g/mol. The average Bonchev–Trinajstić information content (AvgIpc) is 2.45. The molecule has 3 rings (SSSR count). The zero-order valence-electron chi connectivity index (χ0n) is 14.3. The number of rotatable bonds is 2. The molecule has 0 fully saturated rings. The summed E-state index contributed by atoms with van der Waals surface area (Å²) in [5, 5.41) is 19.2. The predicted octanol–water partition coefficient (Wildman–Crippen LogP) is 2.04. The van der Waals surface area contributed by atoms with Crippen molar-refractivity contribution in [2.75, 3.05) is 6.54 Å². The summed E-state index contributed by atoms with van der Waals surface area (Å²) in [5.41, 5.74) is 2.13. The lowest BCUT2D eigenvalue weighted by molar-refractivity contribution is 0.240. The van der Waals surface area contributed by atoms with E-state index in [4.69, 9.17) is 0 Å². The first-order valence-electron chi connectivity index (χ1n) is 8.09. The van der Waals surface area contributed by atoms with Crippen molar-refractivity contribution in [2.24, 2.45) is 0 Å². The summed E-state index contributed by atoms with van der Waals surface area (Å²) in [6.07, 6.45) is 0.715. The molecule has 0 unspecified atom stereocenters. The predicted molar refractivity (Wildman–Crippen MR) is 91.1 cm³/mol. The van der Waals surface area contributed by atoms with Gasteiger partial charge in [-0.05, 0) is 17.7 Å². The van der Waals surface area contributed by atoms with Crippen LogP contribution >= 0.6 is 0 Å². The van der Waals surface area contributed by atoms with E-state index >= 15 is 0 Å². The van der Waals surface area contributed by atoms with E-state index in [9.17, 15) is 15.0 Å². The zero-order valence-corrected chi connectivity index (χ0v) is 14.3. The van der Waals surface area contributed by atoms with Crippen molar-refractivity contribution in [2.45, 2.75) is 45.7 Å². The van der Waals surface area contributed by atoms with Crippen LogP contribution in [0, 0.1) is 0 Å². The second-order valence-electron chi connectivity index (χ2n) is 7.41. The number of aromatic nitrogens is 2. The Morgan fingerprint density at radius 1 is 1.21 bits per heavy atom. The summed E-state index contributed by atoms with van der Waals surface area (Å²) in [6, 6.07) is 4.55. The second kappa shape index (κ2) is 5.94. The Bertz CT molecular complexity index is 801. The summed E-state index contributed by atoms with van der Waals surface area (Å²) in [5.74, 6) is 0.797. The number of nitrogens with zero attached hydrogens (tertiary/aromatic N) is 2. The van der Waals surface area contributed by atoms with E-state index in [0.717, 1.165) is 23.6 Å². The molecule has 6 heteroatoms. The maximum absolute atomic E-state index is 12.4. The minimum absolute atomic E-state index is 0.0387. The standard InChI is InChI=1S/C18H23N3O3/c1-18(2,3)17-19-15-4-5-21(10-14(15)16(24)20-17)9-11-6-12(22)8-13(23)7-11/h6-8,22-23H,4-5,9-10H2,1-3H3,(H,19,20,24). The van der Waals surface area contributed by atoms with Crippen molar-refractivity contribution in [1.82, 2.24) is 14.9 Å². The molecule has 1 aliphatic heterocycles. The number of aromatic hydroxyl groups is 2. The quantitative estimate of drug-likeness (QED) is 0.784. The Labute approximate surface area is 140 Å². The molecule has 0 radical (unpaired) electrons. The van der Waals surface area contributed by atoms with E-state index in [1.54, 1.807) is 12.1 Å². The molecule has 0 saturated heterocycles. The molecule has 3 N–H and O–H groups in total. The first-order chi connectivity index (χ1) is 11.2. The summed E-state index contributed by atoms with van der Waals surface area (Å²) in [6.45, 7) is 7.94. The third-order valence-electron chi connectivity index (χ3n) is 4.23. The van der Waals surface area contributed by atoms with Gasteiger partial charge in [0.25, 0.3) is 5.56 Å². The molecule has 0 amide bonds. The summed E-state index contributed by atoms with van der Waals surface area (Å²) >= 11 is 0. The molecule has 1 aromatic carbocycles. The van der Waals surface area contributed by atoms with Gasteiger partial charge in [0.1, 0.15) is 17.3 Å². The van der Waals surface area contributed by atoms with E-state index < -0.39 is 0 Å². The summed E-state index contributed by atoms with van der Waals surface area (Å²) in [4.78, 5) is 22.1. The number of phenols is 2. The van der Waals surface area contributed by atoms with Crippen LogP contribution in [0.2, 0.25) is 0 Å². The number of fused-ring (bicyclic) bond motifs is 1. The van der Waals surface area contributed by atoms with Crippen LogP contribution in [0.3, 0.4) is 0 Å². The molecule has 1 aromatic heterocycles. The Balaban J connectivity index is 1.83. The van der Waals surface area contributed by atoms with Gasteiger partial charge >= 0.3 is 0 Å². The van der Waals surface area contributed by atoms with E-state index in [0.29, 0.717) is 25.1 Å². The molecule has 128 valence electrons. The van der Waals surface area contributed by atoms with Crippen LogP contribution in [0.4, 0.5) is 0 Å². The third kappa shape index (κ3) is 3.43. The molecular weight excluding hydrogens is 306 g/mol. The number of hydrogen-bond donors (Lipinski definition) is 3. The van der Waals surface area contributed by atoms with Crippen molar-refractivity contribution in [3.63, 3.8) is 0 Å². The van der Waals surface area contributed by atoms with Gasteiger partial charge in [0.05, 0.1) is 11.3 Å². The maximum atomic E-state index is 12.4. The van der Waals surface area contributed by atoms with Gasteiger partial charge in [0, 0.05) is 37.5 Å². The summed E-state index contributed by atoms with van der Waals surface area (Å²) in [7, 11) is 0. The minimum atomic E-state index is -0.190. The van der Waals surface area contributed by atoms with Gasteiger partial charge in [-0.2, -0.15) is 0 Å². The normalized spacial score (nSPS) is 15.3. The van der Waals surface area contributed by atoms with Gasteiger partial charge < -0.3 is 15.2 Å². The van der Waals surface area contributed by atoms with Gasteiger partial charge in [-0.1, -0.05) is 20.8 Å². The van der Waals surface area contributed by atoms with E-state index in [1.165, 1.54) is 6.07 Å². The average molecular weight is 329 g/mol. The highest BCUT2D eigenvalue weighted by atomic mass is 16.3. The molecule has 2 heterocycles. The van der Waals surface area contributed by atoms with Crippen LogP contribution in [-0.2, 0) is 24.9 Å². The lowest BCUT2D eigenvalue weighted by Crippen LogP contribution is -2.37. The SMILES string of the molecule is CC(C)(C)c1nc2c(c(=O)[nH]1)CN(Cc1cc(O)cc(O)c1)CC2. The smallest absolute Gasteiger partial charge is 0.255 e. The highest BCUT2D eigenvalue weighted by Crippen LogP contribution is 2.24. The van der Waals surface area contributed by atoms with Crippen molar-refractivity contribution in [3.8, 4) is 11.5 Å². The molecule has 2 aromatic rings. The lowest BCUT2D eigenvalue weighted by Gasteiger charge is -2.29. The van der Waals surface area contributed by atoms with Crippen molar-refractivity contribution < 1.29 is 10.2 Å². The molecule has 0 aliphatic carbocycles. The number of hydrogen-bond acceptors (Lipinski definition) is 5. The molecule has 1 aliphatic rings. The molecule has 0 bridgehead atoms. The van der Waals surface area contributed by atoms with E-state index in [-0.39, 0.29) is 22.5 Å². The van der Waals surface area contributed by atoms with Crippen LogP contribution < -0.4 is 5.56 Å². The Morgan fingerprint density at radius 3 is 2.50 bits per heavy atom. The van der Waals surface area contributed by atoms with Gasteiger partial charge in [-0.3, -0.25) is 9.69 Å². The molecule has 0 spiro atoms. The Morgan fingerprint density at radius 2 is 1.88 bits per heavy atom. The third-order valence-corrected chi connectivity index (χ3v) is 4.23.